The third-order valence-electron chi connectivity index (χ3n) is 0. The Morgan fingerprint density at radius 3 is 0.400 bits per heavy atom. The molecule has 0 aromatic heterocycles. The predicted molar refractivity (Wildman–Crippen MR) is 28.8 cm³/mol. The Balaban J connectivity index is 0. The Labute approximate surface area is 86.4 Å². The van der Waals surface area contributed by atoms with Crippen LogP contribution in [-0.4, -0.2) is 87.5 Å². The largest absolute Gasteiger partial charge is 0 e. The van der Waals surface area contributed by atoms with Crippen molar-refractivity contribution in [2.24, 2.45) is 0 Å². The summed E-state index contributed by atoms with van der Waals surface area (Å²) in [6.45, 7) is 0. The minimum Gasteiger partial charge on any atom is 0 e. The molecular weight excluding hydrogens is 272 g/mol. The van der Waals surface area contributed by atoms with Crippen molar-refractivity contribution in [2.75, 3.05) is 0 Å². The molecule has 5 heavy (non-hydrogen) atoms. The summed E-state index contributed by atoms with van der Waals surface area (Å²) in [6, 6.07) is 0. The average molecular weight is 272 g/mol. The fraction of sp³-hybridized carbons (Fsp3) is 0. The van der Waals surface area contributed by atoms with Crippen molar-refractivity contribution in [2.45, 2.75) is 0 Å². The van der Waals surface area contributed by atoms with Gasteiger partial charge in [-0.25, -0.2) is 0 Å². The molecule has 0 nitrogen and oxygen atoms in total. The summed E-state index contributed by atoms with van der Waals surface area (Å²) < 4.78 is 0. The maximum absolute atomic E-state index is 0. The van der Waals surface area contributed by atoms with Crippen LogP contribution >= 0.6 is 0 Å². The molecule has 18 valence electrons. The second-order valence-corrected chi connectivity index (χ2v) is 0. The van der Waals surface area contributed by atoms with Crippen molar-refractivity contribution < 1.29 is 0 Å². The fourth-order valence-electron chi connectivity index (χ4n) is 0. The molecule has 0 rings (SSSR count). The standard InChI is InChI=1S/2Al.3Ge. The van der Waals surface area contributed by atoms with E-state index in [-0.39, 0.29) is 87.5 Å². The molecule has 0 bridgehead atoms. The molecule has 0 aliphatic carbocycles. The monoisotopic (exact) mass is 276 g/mol. The molecule has 0 atom stereocenters. The first-order chi connectivity index (χ1) is 0. The molecule has 0 aliphatic heterocycles. The first kappa shape index (κ1) is 47.5. The van der Waals surface area contributed by atoms with E-state index in [0.717, 1.165) is 0 Å². The van der Waals surface area contributed by atoms with Gasteiger partial charge in [-0.3, -0.25) is 0 Å². The van der Waals surface area contributed by atoms with Gasteiger partial charge in [-0.15, -0.1) is 0 Å². The summed E-state index contributed by atoms with van der Waals surface area (Å²) in [4.78, 5) is 0. The maximum atomic E-state index is 0. The van der Waals surface area contributed by atoms with Crippen molar-refractivity contribution in [1.82, 2.24) is 0 Å². The number of rotatable bonds is 0. The van der Waals surface area contributed by atoms with Gasteiger partial charge in [0.1, 0.15) is 0 Å². The van der Waals surface area contributed by atoms with Crippen LogP contribution in [-0.2, 0) is 0 Å². The molecule has 0 amide bonds. The predicted octanol–water partition coefficient (Wildman–Crippen LogP) is -1.90. The van der Waals surface area contributed by atoms with E-state index in [1.54, 1.807) is 0 Å². The number of hydrogen-bond acceptors (Lipinski definition) is 0. The minimum atomic E-state index is 0. The molecule has 0 aromatic rings. The molecular formula is Al2Ge3. The van der Waals surface area contributed by atoms with Crippen molar-refractivity contribution in [3.05, 3.63) is 0 Å². The van der Waals surface area contributed by atoms with Crippen molar-refractivity contribution in [1.29, 1.82) is 0 Å². The molecule has 0 unspecified atom stereocenters. The van der Waals surface area contributed by atoms with Gasteiger partial charge in [0.2, 0.25) is 0 Å². The zero-order valence-corrected chi connectivity index (χ0v) is 11.3. The molecule has 0 aromatic carbocycles. The normalized spacial score (nSPS) is 0. The topological polar surface area (TPSA) is 0 Å². The molecule has 5 heteroatoms. The molecule has 0 saturated heterocycles. The zero-order valence-electron chi connectivity index (χ0n) is 2.65. The van der Waals surface area contributed by atoms with Gasteiger partial charge in [-0.2, -0.15) is 0 Å². The van der Waals surface area contributed by atoms with Gasteiger partial charge in [0.15, 0.2) is 0 Å². The Morgan fingerprint density at radius 1 is 0.400 bits per heavy atom. The van der Waals surface area contributed by atoms with Crippen LogP contribution in [0.1, 0.15) is 0 Å². The summed E-state index contributed by atoms with van der Waals surface area (Å²) in [6.07, 6.45) is 0. The zero-order chi connectivity index (χ0) is 0. The Morgan fingerprint density at radius 2 is 0.400 bits per heavy atom. The third-order valence-corrected chi connectivity index (χ3v) is 0. The van der Waals surface area contributed by atoms with Gasteiger partial charge in [0, 0.05) is 87.5 Å². The van der Waals surface area contributed by atoms with Crippen LogP contribution in [0.15, 0.2) is 0 Å². The first-order valence-electron chi connectivity index (χ1n) is 0. The van der Waals surface area contributed by atoms with Crippen LogP contribution in [0.2, 0.25) is 0 Å². The SMILES string of the molecule is [Al].[Al].[Ge].[Ge].[Ge]. The van der Waals surface area contributed by atoms with E-state index in [1.165, 1.54) is 0 Å². The smallest absolute Gasteiger partial charge is 0 e. The van der Waals surface area contributed by atoms with Gasteiger partial charge in [-0.05, 0) is 0 Å². The van der Waals surface area contributed by atoms with E-state index in [2.05, 4.69) is 0 Å². The van der Waals surface area contributed by atoms with Gasteiger partial charge < -0.3 is 0 Å². The molecule has 0 saturated carbocycles. The summed E-state index contributed by atoms with van der Waals surface area (Å²) in [7, 11) is 0. The second kappa shape index (κ2) is 29.9. The number of hydrogen-bond donors (Lipinski definition) is 0. The van der Waals surface area contributed by atoms with Crippen LogP contribution < -0.4 is 0 Å². The van der Waals surface area contributed by atoms with E-state index >= 15 is 0 Å². The van der Waals surface area contributed by atoms with E-state index < -0.39 is 0 Å². The summed E-state index contributed by atoms with van der Waals surface area (Å²) >= 11 is 0. The summed E-state index contributed by atoms with van der Waals surface area (Å²) in [5.41, 5.74) is 0. The van der Waals surface area contributed by atoms with Crippen LogP contribution in [0, 0.1) is 0 Å². The van der Waals surface area contributed by atoms with Crippen molar-refractivity contribution in [3.8, 4) is 0 Å². The van der Waals surface area contributed by atoms with E-state index in [1.807, 2.05) is 0 Å². The second-order valence-electron chi connectivity index (χ2n) is 0. The van der Waals surface area contributed by atoms with Gasteiger partial charge >= 0.3 is 0 Å². The van der Waals surface area contributed by atoms with Crippen molar-refractivity contribution in [3.63, 3.8) is 0 Å². The summed E-state index contributed by atoms with van der Waals surface area (Å²) in [5, 5.41) is 0. The quantitative estimate of drug-likeness (QED) is 0.452. The van der Waals surface area contributed by atoms with Crippen LogP contribution in [0.5, 0.6) is 0 Å². The summed E-state index contributed by atoms with van der Waals surface area (Å²) in [5.74, 6) is 0. The fourth-order valence-corrected chi connectivity index (χ4v) is 0. The molecule has 0 heterocycles. The third kappa shape index (κ3) is 20.3. The van der Waals surface area contributed by atoms with Gasteiger partial charge in [-0.1, -0.05) is 0 Å². The Bertz CT molecular complexity index is 4.85. The van der Waals surface area contributed by atoms with Crippen LogP contribution in [0.3, 0.4) is 0 Å². The molecule has 0 aliphatic rings. The van der Waals surface area contributed by atoms with Crippen LogP contribution in [0.4, 0.5) is 0 Å². The first-order valence-corrected chi connectivity index (χ1v) is 0. The molecule has 18 radical (unpaired) electrons. The van der Waals surface area contributed by atoms with Gasteiger partial charge in [0.05, 0.1) is 0 Å². The van der Waals surface area contributed by atoms with E-state index in [4.69, 9.17) is 0 Å². The van der Waals surface area contributed by atoms with Crippen molar-refractivity contribution >= 4 is 87.5 Å². The molecule has 0 fully saturated rings. The Kier molecular flexibility index (Phi) is 284. The molecule has 0 spiro atoms. The Hall–Kier alpha value is 2.69. The minimum absolute atomic E-state index is 0. The maximum Gasteiger partial charge on any atom is 0 e. The van der Waals surface area contributed by atoms with Crippen LogP contribution in [0.25, 0.3) is 0 Å². The van der Waals surface area contributed by atoms with E-state index in [0.29, 0.717) is 0 Å². The molecule has 0 N–H and O–H groups in total. The average Bonchev–Trinajstić information content (AvgIpc) is 0. The van der Waals surface area contributed by atoms with E-state index in [9.17, 15) is 0 Å². The van der Waals surface area contributed by atoms with Gasteiger partial charge in [0.25, 0.3) is 0 Å².